The SMILES string of the molecule is CN(Cc1ccccc1)S(=O)(=O)NN1CCCC[C@@]1(O)C(N)=O. The Bertz CT molecular complexity index is 652. The Morgan fingerprint density at radius 2 is 2.04 bits per heavy atom. The first kappa shape index (κ1) is 17.8. The summed E-state index contributed by atoms with van der Waals surface area (Å²) in [6.45, 7) is 0.372. The van der Waals surface area contributed by atoms with E-state index in [1.807, 2.05) is 30.3 Å². The number of carbonyl (C=O) groups is 1. The highest BCUT2D eigenvalue weighted by molar-refractivity contribution is 7.87. The van der Waals surface area contributed by atoms with E-state index in [2.05, 4.69) is 4.83 Å². The minimum absolute atomic E-state index is 0.0905. The maximum Gasteiger partial charge on any atom is 0.292 e. The molecule has 0 bridgehead atoms. The summed E-state index contributed by atoms with van der Waals surface area (Å²) in [5.41, 5.74) is 4.05. The van der Waals surface area contributed by atoms with E-state index in [-0.39, 0.29) is 19.5 Å². The second-order valence-electron chi connectivity index (χ2n) is 5.63. The summed E-state index contributed by atoms with van der Waals surface area (Å²) >= 11 is 0. The predicted octanol–water partition coefficient (Wildman–Crippen LogP) is -0.472. The number of rotatable bonds is 6. The lowest BCUT2D eigenvalue weighted by molar-refractivity contribution is -0.173. The molecule has 1 saturated heterocycles. The lowest BCUT2D eigenvalue weighted by Crippen LogP contribution is -2.66. The van der Waals surface area contributed by atoms with Gasteiger partial charge in [0.2, 0.25) is 5.72 Å². The molecule has 128 valence electrons. The number of nitrogens with zero attached hydrogens (tertiary/aromatic N) is 2. The van der Waals surface area contributed by atoms with Crippen LogP contribution in [0.25, 0.3) is 0 Å². The fourth-order valence-corrected chi connectivity index (χ4v) is 3.45. The fourth-order valence-electron chi connectivity index (χ4n) is 2.47. The van der Waals surface area contributed by atoms with E-state index in [1.165, 1.54) is 7.05 Å². The first-order chi connectivity index (χ1) is 10.8. The molecule has 1 atom stereocenters. The molecule has 1 aliphatic rings. The molecule has 0 saturated carbocycles. The van der Waals surface area contributed by atoms with E-state index in [1.54, 1.807) is 0 Å². The molecule has 4 N–H and O–H groups in total. The van der Waals surface area contributed by atoms with Gasteiger partial charge in [0.05, 0.1) is 0 Å². The minimum atomic E-state index is -3.92. The molecule has 2 rings (SSSR count). The van der Waals surface area contributed by atoms with Crippen molar-refractivity contribution in [2.75, 3.05) is 13.6 Å². The average molecular weight is 342 g/mol. The van der Waals surface area contributed by atoms with Crippen molar-refractivity contribution in [3.8, 4) is 0 Å². The van der Waals surface area contributed by atoms with E-state index in [4.69, 9.17) is 5.73 Å². The van der Waals surface area contributed by atoms with Gasteiger partial charge in [-0.2, -0.15) is 17.7 Å². The number of nitrogens with two attached hydrogens (primary N) is 1. The van der Waals surface area contributed by atoms with Gasteiger partial charge in [-0.15, -0.1) is 4.83 Å². The van der Waals surface area contributed by atoms with E-state index in [0.717, 1.165) is 14.9 Å². The van der Waals surface area contributed by atoms with Gasteiger partial charge in [-0.05, 0) is 18.4 Å². The topological polar surface area (TPSA) is 116 Å². The van der Waals surface area contributed by atoms with E-state index in [9.17, 15) is 18.3 Å². The predicted molar refractivity (Wildman–Crippen MR) is 84.7 cm³/mol. The third-order valence-electron chi connectivity index (χ3n) is 3.88. The Labute approximate surface area is 136 Å². The van der Waals surface area contributed by atoms with Gasteiger partial charge < -0.3 is 10.8 Å². The van der Waals surface area contributed by atoms with Gasteiger partial charge in [-0.25, -0.2) is 0 Å². The third-order valence-corrected chi connectivity index (χ3v) is 5.28. The molecule has 1 amide bonds. The highest BCUT2D eigenvalue weighted by atomic mass is 32.2. The van der Waals surface area contributed by atoms with Crippen molar-refractivity contribution in [3.63, 3.8) is 0 Å². The lowest BCUT2D eigenvalue weighted by atomic mass is 10.00. The molecule has 1 heterocycles. The second kappa shape index (κ2) is 6.93. The molecule has 9 heteroatoms. The van der Waals surface area contributed by atoms with Crippen molar-refractivity contribution < 1.29 is 18.3 Å². The Hall–Kier alpha value is -1.52. The number of carbonyl (C=O) groups excluding carboxylic acids is 1. The van der Waals surface area contributed by atoms with E-state index >= 15 is 0 Å². The second-order valence-corrected chi connectivity index (χ2v) is 7.38. The molecule has 1 fully saturated rings. The van der Waals surface area contributed by atoms with Crippen LogP contribution in [0.5, 0.6) is 0 Å². The van der Waals surface area contributed by atoms with Crippen LogP contribution >= 0.6 is 0 Å². The number of nitrogens with one attached hydrogen (secondary N) is 1. The molecule has 0 aliphatic carbocycles. The smallest absolute Gasteiger partial charge is 0.292 e. The van der Waals surface area contributed by atoms with Gasteiger partial charge in [0.1, 0.15) is 0 Å². The van der Waals surface area contributed by atoms with Crippen molar-refractivity contribution in [1.29, 1.82) is 0 Å². The van der Waals surface area contributed by atoms with Gasteiger partial charge in [-0.3, -0.25) is 4.79 Å². The summed E-state index contributed by atoms with van der Waals surface area (Å²) in [6.07, 6.45) is 1.34. The monoisotopic (exact) mass is 342 g/mol. The molecule has 1 aromatic carbocycles. The van der Waals surface area contributed by atoms with Gasteiger partial charge in [-0.1, -0.05) is 30.3 Å². The number of amides is 1. The van der Waals surface area contributed by atoms with Crippen LogP contribution in [0.2, 0.25) is 0 Å². The maximum absolute atomic E-state index is 12.4. The molecule has 0 aromatic heterocycles. The summed E-state index contributed by atoms with van der Waals surface area (Å²) in [6, 6.07) is 9.11. The number of hydrogen-bond donors (Lipinski definition) is 3. The minimum Gasteiger partial charge on any atom is -0.366 e. The highest BCUT2D eigenvalue weighted by Crippen LogP contribution is 2.24. The van der Waals surface area contributed by atoms with Crippen LogP contribution in [0, 0.1) is 0 Å². The quantitative estimate of drug-likeness (QED) is 0.646. The lowest BCUT2D eigenvalue weighted by Gasteiger charge is -2.40. The molecule has 0 unspecified atom stereocenters. The van der Waals surface area contributed by atoms with Crippen LogP contribution in [0.3, 0.4) is 0 Å². The summed E-state index contributed by atoms with van der Waals surface area (Å²) in [5.74, 6) is -0.967. The number of benzene rings is 1. The number of hydrogen-bond acceptors (Lipinski definition) is 5. The number of piperidine rings is 1. The summed E-state index contributed by atoms with van der Waals surface area (Å²) in [5, 5.41) is 11.4. The number of primary amides is 1. The molecular formula is C14H22N4O4S. The number of hydrazine groups is 1. The van der Waals surface area contributed by atoms with E-state index in [0.29, 0.717) is 12.8 Å². The van der Waals surface area contributed by atoms with Crippen molar-refractivity contribution in [3.05, 3.63) is 35.9 Å². The Balaban J connectivity index is 2.11. The molecule has 0 radical (unpaired) electrons. The van der Waals surface area contributed by atoms with E-state index < -0.39 is 21.8 Å². The molecule has 1 aromatic rings. The van der Waals surface area contributed by atoms with Crippen LogP contribution in [-0.2, 0) is 21.5 Å². The Morgan fingerprint density at radius 3 is 2.65 bits per heavy atom. The molecule has 23 heavy (non-hydrogen) atoms. The largest absolute Gasteiger partial charge is 0.366 e. The Morgan fingerprint density at radius 1 is 1.39 bits per heavy atom. The first-order valence-corrected chi connectivity index (χ1v) is 8.77. The normalized spacial score (nSPS) is 23.1. The zero-order valence-corrected chi connectivity index (χ0v) is 13.8. The maximum atomic E-state index is 12.4. The summed E-state index contributed by atoms with van der Waals surface area (Å²) in [4.78, 5) is 13.8. The molecule has 0 spiro atoms. The van der Waals surface area contributed by atoms with Crippen LogP contribution in [0.1, 0.15) is 24.8 Å². The highest BCUT2D eigenvalue weighted by Gasteiger charge is 2.44. The standard InChI is InChI=1S/C14H22N4O4S/c1-17(11-12-7-3-2-4-8-12)23(21,22)16-18-10-6-5-9-14(18,20)13(15)19/h2-4,7-8,16,20H,5-6,9-11H2,1H3,(H2,15,19)/t14-/m1/s1. The summed E-state index contributed by atoms with van der Waals surface area (Å²) in [7, 11) is -2.50. The van der Waals surface area contributed by atoms with Crippen LogP contribution in [0.15, 0.2) is 30.3 Å². The van der Waals surface area contributed by atoms with Gasteiger partial charge in [0, 0.05) is 26.6 Å². The number of aliphatic hydroxyl groups is 1. The fraction of sp³-hybridized carbons (Fsp3) is 0.500. The first-order valence-electron chi connectivity index (χ1n) is 7.33. The van der Waals surface area contributed by atoms with Gasteiger partial charge >= 0.3 is 0 Å². The van der Waals surface area contributed by atoms with Gasteiger partial charge in [0.15, 0.2) is 0 Å². The van der Waals surface area contributed by atoms with Crippen LogP contribution in [-0.4, -0.2) is 48.1 Å². The van der Waals surface area contributed by atoms with Gasteiger partial charge in [0.25, 0.3) is 16.1 Å². The molecule has 1 aliphatic heterocycles. The van der Waals surface area contributed by atoms with Crippen molar-refractivity contribution in [2.24, 2.45) is 5.73 Å². The van der Waals surface area contributed by atoms with Crippen molar-refractivity contribution >= 4 is 16.1 Å². The van der Waals surface area contributed by atoms with Crippen LogP contribution < -0.4 is 10.6 Å². The zero-order chi connectivity index (χ0) is 17.1. The molecule has 8 nitrogen and oxygen atoms in total. The van der Waals surface area contributed by atoms with Crippen molar-refractivity contribution in [2.45, 2.75) is 31.5 Å². The Kier molecular flexibility index (Phi) is 5.37. The average Bonchev–Trinajstić information content (AvgIpc) is 2.50. The van der Waals surface area contributed by atoms with Crippen LogP contribution in [0.4, 0.5) is 0 Å². The summed E-state index contributed by atoms with van der Waals surface area (Å²) < 4.78 is 26.0. The third kappa shape index (κ3) is 4.06. The molecular weight excluding hydrogens is 320 g/mol. The zero-order valence-electron chi connectivity index (χ0n) is 13.0. The van der Waals surface area contributed by atoms with Crippen molar-refractivity contribution in [1.82, 2.24) is 14.1 Å².